The molecule has 0 atom stereocenters. The maximum atomic E-state index is 11.1. The van der Waals surface area contributed by atoms with Gasteiger partial charge in [0.15, 0.2) is 0 Å². The zero-order valence-corrected chi connectivity index (χ0v) is 14.6. The highest BCUT2D eigenvalue weighted by molar-refractivity contribution is 7.85. The van der Waals surface area contributed by atoms with Crippen LogP contribution in [0.3, 0.4) is 0 Å². The van der Waals surface area contributed by atoms with Crippen molar-refractivity contribution in [2.75, 3.05) is 18.0 Å². The van der Waals surface area contributed by atoms with Crippen molar-refractivity contribution in [3.05, 3.63) is 36.4 Å². The Balaban J connectivity index is 2.34. The fourth-order valence-electron chi connectivity index (χ4n) is 2.23. The maximum absolute atomic E-state index is 11.1. The predicted molar refractivity (Wildman–Crippen MR) is 93.8 cm³/mol. The van der Waals surface area contributed by atoms with E-state index in [1.165, 1.54) is 0 Å². The van der Waals surface area contributed by atoms with Crippen LogP contribution < -0.4 is 4.90 Å². The van der Waals surface area contributed by atoms with Gasteiger partial charge in [0.2, 0.25) is 0 Å². The van der Waals surface area contributed by atoms with Crippen molar-refractivity contribution in [2.45, 2.75) is 18.7 Å². The van der Waals surface area contributed by atoms with E-state index < -0.39 is 15.0 Å². The second-order valence-corrected chi connectivity index (χ2v) is 6.59. The van der Waals surface area contributed by atoms with Crippen LogP contribution in [0.1, 0.15) is 13.8 Å². The third kappa shape index (κ3) is 4.46. The summed E-state index contributed by atoms with van der Waals surface area (Å²) in [4.78, 5) is 1.63. The number of hydrogen-bond acceptors (Lipinski definition) is 7. The maximum Gasteiger partial charge on any atom is 0.294 e. The summed E-state index contributed by atoms with van der Waals surface area (Å²) in [5, 5.41) is 27.4. The van der Waals surface area contributed by atoms with Crippen molar-refractivity contribution in [1.82, 2.24) is 0 Å². The van der Waals surface area contributed by atoms with E-state index in [-0.39, 0.29) is 22.9 Å². The molecule has 0 heterocycles. The highest BCUT2D eigenvalue weighted by atomic mass is 32.2. The quantitative estimate of drug-likeness (QED) is 0.531. The molecule has 0 saturated carbocycles. The standard InChI is InChI=1S/C16H19N3O5S/c1-3-19(4-2)11-5-7-13(16(21)9-11)17-18-14-10-12(25(22,23)24)6-8-15(14)20/h5-10,20-21H,3-4H2,1-2H3,(H,22,23,24)/b18-17+. The minimum atomic E-state index is -4.42. The van der Waals surface area contributed by atoms with Crippen LogP contribution in [0.25, 0.3) is 0 Å². The van der Waals surface area contributed by atoms with E-state index in [1.54, 1.807) is 18.2 Å². The zero-order chi connectivity index (χ0) is 18.6. The molecule has 0 aromatic heterocycles. The van der Waals surface area contributed by atoms with E-state index in [0.717, 1.165) is 37.0 Å². The molecule has 25 heavy (non-hydrogen) atoms. The summed E-state index contributed by atoms with van der Waals surface area (Å²) >= 11 is 0. The van der Waals surface area contributed by atoms with Crippen molar-refractivity contribution in [3.8, 4) is 11.5 Å². The van der Waals surface area contributed by atoms with Crippen molar-refractivity contribution >= 4 is 27.2 Å². The van der Waals surface area contributed by atoms with Gasteiger partial charge in [0.25, 0.3) is 10.1 Å². The smallest absolute Gasteiger partial charge is 0.294 e. The summed E-state index contributed by atoms with van der Waals surface area (Å²) in [6.07, 6.45) is 0. The van der Waals surface area contributed by atoms with Crippen molar-refractivity contribution in [2.24, 2.45) is 10.2 Å². The average molecular weight is 365 g/mol. The second kappa shape index (κ2) is 7.49. The molecule has 9 heteroatoms. The lowest BCUT2D eigenvalue weighted by Crippen LogP contribution is -2.21. The predicted octanol–water partition coefficient (Wildman–Crippen LogP) is 3.61. The summed E-state index contributed by atoms with van der Waals surface area (Å²) in [7, 11) is -4.42. The van der Waals surface area contributed by atoms with E-state index in [4.69, 9.17) is 4.55 Å². The summed E-state index contributed by atoms with van der Waals surface area (Å²) in [5.74, 6) is -0.408. The first-order valence-electron chi connectivity index (χ1n) is 7.56. The molecule has 3 N–H and O–H groups in total. The number of hydrogen-bond donors (Lipinski definition) is 3. The Kier molecular flexibility index (Phi) is 5.60. The number of aromatic hydroxyl groups is 2. The molecule has 0 aliphatic carbocycles. The van der Waals surface area contributed by atoms with Crippen LogP contribution in [-0.2, 0) is 10.1 Å². The van der Waals surface area contributed by atoms with Crippen molar-refractivity contribution in [3.63, 3.8) is 0 Å². The molecule has 8 nitrogen and oxygen atoms in total. The Hall–Kier alpha value is -2.65. The number of rotatable bonds is 6. The fourth-order valence-corrected chi connectivity index (χ4v) is 2.73. The lowest BCUT2D eigenvalue weighted by molar-refractivity contribution is 0.472. The Bertz CT molecular complexity index is 893. The summed E-state index contributed by atoms with van der Waals surface area (Å²) in [6.45, 7) is 5.57. The van der Waals surface area contributed by atoms with E-state index in [1.807, 2.05) is 18.7 Å². The molecular weight excluding hydrogens is 346 g/mol. The van der Waals surface area contributed by atoms with Crippen molar-refractivity contribution in [1.29, 1.82) is 0 Å². The van der Waals surface area contributed by atoms with Gasteiger partial charge in [-0.2, -0.15) is 8.42 Å². The molecule has 134 valence electrons. The summed E-state index contributed by atoms with van der Waals surface area (Å²) in [6, 6.07) is 8.00. The Morgan fingerprint density at radius 3 is 2.12 bits per heavy atom. The van der Waals surface area contributed by atoms with E-state index >= 15 is 0 Å². The third-order valence-corrected chi connectivity index (χ3v) is 4.45. The van der Waals surface area contributed by atoms with Crippen LogP contribution in [0.4, 0.5) is 17.1 Å². The minimum absolute atomic E-state index is 0.0985. The molecule has 0 bridgehead atoms. The van der Waals surface area contributed by atoms with Crippen LogP contribution in [0, 0.1) is 0 Å². The zero-order valence-electron chi connectivity index (χ0n) is 13.8. The first-order valence-corrected chi connectivity index (χ1v) is 9.00. The van der Waals surface area contributed by atoms with Gasteiger partial charge in [-0.1, -0.05) is 0 Å². The molecule has 0 aliphatic rings. The molecule has 0 unspecified atom stereocenters. The van der Waals surface area contributed by atoms with Gasteiger partial charge in [0.05, 0.1) is 4.90 Å². The van der Waals surface area contributed by atoms with Crippen LogP contribution in [0.15, 0.2) is 51.5 Å². The SMILES string of the molecule is CCN(CC)c1ccc(/N=N/c2cc(S(=O)(=O)O)ccc2O)c(O)c1. The summed E-state index contributed by atoms with van der Waals surface area (Å²) in [5.41, 5.74) is 0.840. The van der Waals surface area contributed by atoms with E-state index in [9.17, 15) is 18.6 Å². The molecular formula is C16H19N3O5S. The molecule has 0 fully saturated rings. The molecule has 2 rings (SSSR count). The number of benzene rings is 2. The van der Waals surface area contributed by atoms with Crippen LogP contribution in [0.5, 0.6) is 11.5 Å². The first-order chi connectivity index (χ1) is 11.8. The second-order valence-electron chi connectivity index (χ2n) is 5.17. The molecule has 0 amide bonds. The lowest BCUT2D eigenvalue weighted by Gasteiger charge is -2.21. The Morgan fingerprint density at radius 1 is 0.920 bits per heavy atom. The monoisotopic (exact) mass is 365 g/mol. The van der Waals surface area contributed by atoms with Gasteiger partial charge in [-0.25, -0.2) is 0 Å². The van der Waals surface area contributed by atoms with Crippen LogP contribution >= 0.6 is 0 Å². The lowest BCUT2D eigenvalue weighted by atomic mass is 10.2. The van der Waals surface area contributed by atoms with Crippen molar-refractivity contribution < 1.29 is 23.2 Å². The molecule has 0 saturated heterocycles. The van der Waals surface area contributed by atoms with Crippen LogP contribution in [0.2, 0.25) is 0 Å². The Labute approximate surface area is 145 Å². The van der Waals surface area contributed by atoms with Gasteiger partial charge in [-0.3, -0.25) is 4.55 Å². The van der Waals surface area contributed by atoms with Gasteiger partial charge in [-0.05, 0) is 44.2 Å². The number of nitrogens with zero attached hydrogens (tertiary/aromatic N) is 3. The number of anilines is 1. The summed E-state index contributed by atoms with van der Waals surface area (Å²) < 4.78 is 31.3. The molecule has 0 radical (unpaired) electrons. The normalized spacial score (nSPS) is 11.8. The Morgan fingerprint density at radius 2 is 1.56 bits per heavy atom. The van der Waals surface area contributed by atoms with Gasteiger partial charge < -0.3 is 15.1 Å². The van der Waals surface area contributed by atoms with E-state index in [0.29, 0.717) is 0 Å². The third-order valence-electron chi connectivity index (χ3n) is 3.60. The topological polar surface area (TPSA) is 123 Å². The molecule has 2 aromatic carbocycles. The minimum Gasteiger partial charge on any atom is -0.506 e. The largest absolute Gasteiger partial charge is 0.506 e. The molecule has 0 aliphatic heterocycles. The van der Waals surface area contributed by atoms with Gasteiger partial charge in [0, 0.05) is 24.8 Å². The highest BCUT2D eigenvalue weighted by Gasteiger charge is 2.13. The van der Waals surface area contributed by atoms with Gasteiger partial charge >= 0.3 is 0 Å². The molecule has 0 spiro atoms. The van der Waals surface area contributed by atoms with Gasteiger partial charge in [-0.15, -0.1) is 10.2 Å². The number of azo groups is 1. The van der Waals surface area contributed by atoms with Crippen LogP contribution in [-0.4, -0.2) is 36.3 Å². The average Bonchev–Trinajstić information content (AvgIpc) is 2.55. The first kappa shape index (κ1) is 18.7. The highest BCUT2D eigenvalue weighted by Crippen LogP contribution is 2.35. The van der Waals surface area contributed by atoms with Gasteiger partial charge in [0.1, 0.15) is 22.9 Å². The molecule has 2 aromatic rings. The number of phenols is 2. The van der Waals surface area contributed by atoms with E-state index in [2.05, 4.69) is 10.2 Å². The number of phenolic OH excluding ortho intramolecular Hbond substituents is 2. The fraction of sp³-hybridized carbons (Fsp3) is 0.250.